The molecule has 3 nitrogen and oxygen atoms in total. The quantitative estimate of drug-likeness (QED) is 0.490. The van der Waals surface area contributed by atoms with Gasteiger partial charge in [-0.2, -0.15) is 0 Å². The highest BCUT2D eigenvalue weighted by Crippen LogP contribution is 2.31. The Bertz CT molecular complexity index is 849. The Labute approximate surface area is 161 Å². The van der Waals surface area contributed by atoms with Crippen molar-refractivity contribution in [3.8, 4) is 22.6 Å². The highest BCUT2D eigenvalue weighted by Gasteiger charge is 2.09. The van der Waals surface area contributed by atoms with Crippen LogP contribution < -0.4 is 9.47 Å². The van der Waals surface area contributed by atoms with Gasteiger partial charge in [-0.25, -0.2) is 0 Å². The molecule has 0 radical (unpaired) electrons. The van der Waals surface area contributed by atoms with E-state index in [1.54, 1.807) is 7.11 Å². The molecule has 0 saturated heterocycles. The molecule has 3 aromatic carbocycles. The van der Waals surface area contributed by atoms with Gasteiger partial charge in [-0.1, -0.05) is 36.4 Å². The first-order valence-corrected chi connectivity index (χ1v) is 9.17. The monoisotopic (exact) mass is 362 g/mol. The maximum Gasteiger partial charge on any atom is 0.119 e. The maximum absolute atomic E-state index is 5.89. The van der Waals surface area contributed by atoms with E-state index < -0.39 is 0 Å². The van der Waals surface area contributed by atoms with Gasteiger partial charge in [0.15, 0.2) is 0 Å². The van der Waals surface area contributed by atoms with E-state index in [2.05, 4.69) is 50.2 Å². The summed E-state index contributed by atoms with van der Waals surface area (Å²) in [5.41, 5.74) is 5.99. The minimum Gasteiger partial charge on any atom is -0.491 e. The minimum atomic E-state index is 0.550. The van der Waals surface area contributed by atoms with Crippen LogP contribution >= 0.6 is 0 Å². The van der Waals surface area contributed by atoms with E-state index in [9.17, 15) is 0 Å². The van der Waals surface area contributed by atoms with Gasteiger partial charge >= 0.3 is 0 Å². The number of hydrogen-bond acceptors (Lipinski definition) is 3. The summed E-state index contributed by atoms with van der Waals surface area (Å²) in [7, 11) is 1.68. The van der Waals surface area contributed by atoms with Crippen molar-refractivity contribution in [3.05, 3.63) is 83.4 Å². The second-order valence-corrected chi connectivity index (χ2v) is 6.58. The molecule has 0 aliphatic heterocycles. The Balaban J connectivity index is 1.77. The molecule has 3 rings (SSSR count). The van der Waals surface area contributed by atoms with E-state index in [4.69, 9.17) is 14.2 Å². The van der Waals surface area contributed by atoms with Crippen molar-refractivity contribution < 1.29 is 14.2 Å². The molecule has 0 fully saturated rings. The molecule has 140 valence electrons. The molecule has 0 bridgehead atoms. The van der Waals surface area contributed by atoms with Crippen molar-refractivity contribution in [1.29, 1.82) is 0 Å². The summed E-state index contributed by atoms with van der Waals surface area (Å²) in [5.74, 6) is 1.77. The molecule has 27 heavy (non-hydrogen) atoms. The van der Waals surface area contributed by atoms with Crippen LogP contribution in [0, 0.1) is 13.8 Å². The fourth-order valence-electron chi connectivity index (χ4n) is 3.21. The Morgan fingerprint density at radius 2 is 1.44 bits per heavy atom. The van der Waals surface area contributed by atoms with E-state index >= 15 is 0 Å². The van der Waals surface area contributed by atoms with Crippen LogP contribution in [0.1, 0.15) is 16.7 Å². The molecule has 0 atom stereocenters. The average Bonchev–Trinajstić information content (AvgIpc) is 2.67. The number of hydrogen-bond donors (Lipinski definition) is 0. The molecule has 0 spiro atoms. The predicted octanol–water partition coefficient (Wildman–Crippen LogP) is 5.57. The fraction of sp³-hybridized carbons (Fsp3) is 0.250. The smallest absolute Gasteiger partial charge is 0.119 e. The van der Waals surface area contributed by atoms with Crippen molar-refractivity contribution in [3.63, 3.8) is 0 Å². The van der Waals surface area contributed by atoms with Gasteiger partial charge in [0.25, 0.3) is 0 Å². The lowest BCUT2D eigenvalue weighted by molar-refractivity contribution is 0.146. The normalized spacial score (nSPS) is 10.6. The number of para-hydroxylation sites is 1. The van der Waals surface area contributed by atoms with Crippen LogP contribution in [-0.4, -0.2) is 20.3 Å². The highest BCUT2D eigenvalue weighted by atomic mass is 16.5. The largest absolute Gasteiger partial charge is 0.491 e. The van der Waals surface area contributed by atoms with Crippen LogP contribution in [0.5, 0.6) is 11.5 Å². The van der Waals surface area contributed by atoms with Crippen molar-refractivity contribution in [2.75, 3.05) is 20.3 Å². The van der Waals surface area contributed by atoms with Gasteiger partial charge < -0.3 is 14.2 Å². The van der Waals surface area contributed by atoms with Crippen molar-refractivity contribution in [2.24, 2.45) is 0 Å². The average molecular weight is 362 g/mol. The summed E-state index contributed by atoms with van der Waals surface area (Å²) in [5, 5.41) is 0. The molecule has 0 aliphatic carbocycles. The van der Waals surface area contributed by atoms with Gasteiger partial charge in [0.1, 0.15) is 24.7 Å². The first-order chi connectivity index (χ1) is 13.2. The molecule has 0 aromatic heterocycles. The molecule has 3 heteroatoms. The fourth-order valence-corrected chi connectivity index (χ4v) is 3.21. The summed E-state index contributed by atoms with van der Waals surface area (Å²) in [6, 6.07) is 22.6. The first kappa shape index (κ1) is 19.0. The SMILES string of the molecule is COCCOc1cc(C)c(-c2cccc(COc3ccccc3)c2)c(C)c1. The van der Waals surface area contributed by atoms with Crippen LogP contribution in [-0.2, 0) is 11.3 Å². The molecular weight excluding hydrogens is 336 g/mol. The van der Waals surface area contributed by atoms with Crippen LogP contribution in [0.3, 0.4) is 0 Å². The third-order valence-corrected chi connectivity index (χ3v) is 4.43. The van der Waals surface area contributed by atoms with Gasteiger partial charge in [0.2, 0.25) is 0 Å². The number of methoxy groups -OCH3 is 1. The van der Waals surface area contributed by atoms with E-state index in [0.29, 0.717) is 19.8 Å². The zero-order chi connectivity index (χ0) is 19.1. The molecule has 0 saturated carbocycles. The summed E-state index contributed by atoms with van der Waals surface area (Å²) in [6.07, 6.45) is 0. The molecule has 3 aromatic rings. The highest BCUT2D eigenvalue weighted by molar-refractivity contribution is 5.72. The van der Waals surface area contributed by atoms with Gasteiger partial charge in [-0.05, 0) is 72.0 Å². The number of rotatable bonds is 8. The van der Waals surface area contributed by atoms with Crippen LogP contribution in [0.4, 0.5) is 0 Å². The standard InChI is InChI=1S/C24H26O3/c1-18-14-23(26-13-12-25-3)15-19(2)24(18)21-9-7-8-20(16-21)17-27-22-10-5-4-6-11-22/h4-11,14-16H,12-13,17H2,1-3H3. The Morgan fingerprint density at radius 1 is 0.704 bits per heavy atom. The molecule has 0 unspecified atom stereocenters. The number of aryl methyl sites for hydroxylation is 2. The van der Waals surface area contributed by atoms with Gasteiger partial charge in [-0.15, -0.1) is 0 Å². The van der Waals surface area contributed by atoms with Gasteiger partial charge in [-0.3, -0.25) is 0 Å². The Hall–Kier alpha value is -2.78. The lowest BCUT2D eigenvalue weighted by Gasteiger charge is -2.15. The molecular formula is C24H26O3. The summed E-state index contributed by atoms with van der Waals surface area (Å²) >= 11 is 0. The lowest BCUT2D eigenvalue weighted by Crippen LogP contribution is -2.05. The second kappa shape index (κ2) is 9.24. The number of ether oxygens (including phenoxy) is 3. The zero-order valence-electron chi connectivity index (χ0n) is 16.2. The molecule has 0 N–H and O–H groups in total. The van der Waals surface area contributed by atoms with Crippen molar-refractivity contribution >= 4 is 0 Å². The van der Waals surface area contributed by atoms with E-state index in [1.807, 2.05) is 30.3 Å². The topological polar surface area (TPSA) is 27.7 Å². The summed E-state index contributed by atoms with van der Waals surface area (Å²) in [6.45, 7) is 5.94. The van der Waals surface area contributed by atoms with Crippen molar-refractivity contribution in [1.82, 2.24) is 0 Å². The van der Waals surface area contributed by atoms with Crippen LogP contribution in [0.2, 0.25) is 0 Å². The molecule has 0 heterocycles. The van der Waals surface area contributed by atoms with Crippen molar-refractivity contribution in [2.45, 2.75) is 20.5 Å². The van der Waals surface area contributed by atoms with Crippen LogP contribution in [0.25, 0.3) is 11.1 Å². The first-order valence-electron chi connectivity index (χ1n) is 9.17. The van der Waals surface area contributed by atoms with E-state index in [1.165, 1.54) is 22.3 Å². The van der Waals surface area contributed by atoms with E-state index in [-0.39, 0.29) is 0 Å². The Kier molecular flexibility index (Phi) is 6.50. The van der Waals surface area contributed by atoms with Gasteiger partial charge in [0, 0.05) is 7.11 Å². The Morgan fingerprint density at radius 3 is 2.15 bits per heavy atom. The number of benzene rings is 3. The lowest BCUT2D eigenvalue weighted by atomic mass is 9.94. The third kappa shape index (κ3) is 5.11. The third-order valence-electron chi connectivity index (χ3n) is 4.43. The molecule has 0 aliphatic rings. The second-order valence-electron chi connectivity index (χ2n) is 6.58. The minimum absolute atomic E-state index is 0.550. The summed E-state index contributed by atoms with van der Waals surface area (Å²) in [4.78, 5) is 0. The molecule has 0 amide bonds. The van der Waals surface area contributed by atoms with Crippen LogP contribution in [0.15, 0.2) is 66.7 Å². The predicted molar refractivity (Wildman–Crippen MR) is 109 cm³/mol. The summed E-state index contributed by atoms with van der Waals surface area (Å²) < 4.78 is 16.7. The zero-order valence-corrected chi connectivity index (χ0v) is 16.2. The maximum atomic E-state index is 5.89. The van der Waals surface area contributed by atoms with Gasteiger partial charge in [0.05, 0.1) is 6.61 Å². The van der Waals surface area contributed by atoms with E-state index in [0.717, 1.165) is 17.1 Å².